The normalized spacial score (nSPS) is 10.6. The first-order valence-corrected chi connectivity index (χ1v) is 5.56. The minimum Gasteiger partial charge on any atom is -0.480 e. The molecule has 2 aromatic rings. The molecule has 0 fully saturated rings. The van der Waals surface area contributed by atoms with Gasteiger partial charge in [-0.05, 0) is 18.4 Å². The second-order valence-corrected chi connectivity index (χ2v) is 4.34. The molecular formula is C10H11N3O2S. The largest absolute Gasteiger partial charge is 0.480 e. The van der Waals surface area contributed by atoms with Gasteiger partial charge in [-0.1, -0.05) is 6.07 Å². The highest BCUT2D eigenvalue weighted by molar-refractivity contribution is 7.13. The first kappa shape index (κ1) is 10.7. The summed E-state index contributed by atoms with van der Waals surface area (Å²) < 4.78 is 1.31. The van der Waals surface area contributed by atoms with Crippen molar-refractivity contribution in [2.24, 2.45) is 0 Å². The Balaban J connectivity index is 2.45. The molecule has 0 aliphatic carbocycles. The van der Waals surface area contributed by atoms with Crippen LogP contribution < -0.4 is 5.73 Å². The van der Waals surface area contributed by atoms with Crippen molar-refractivity contribution in [3.8, 4) is 10.6 Å². The summed E-state index contributed by atoms with van der Waals surface area (Å²) in [5, 5.41) is 14.9. The third kappa shape index (κ3) is 1.79. The minimum absolute atomic E-state index is 0.210. The molecule has 0 aliphatic heterocycles. The van der Waals surface area contributed by atoms with E-state index in [9.17, 15) is 4.79 Å². The highest BCUT2D eigenvalue weighted by atomic mass is 32.1. The van der Waals surface area contributed by atoms with Gasteiger partial charge in [0.05, 0.1) is 4.88 Å². The van der Waals surface area contributed by atoms with E-state index in [4.69, 9.17) is 10.8 Å². The molecule has 3 N–H and O–H groups in total. The Morgan fingerprint density at radius 3 is 3.00 bits per heavy atom. The average Bonchev–Trinajstić information content (AvgIpc) is 2.81. The van der Waals surface area contributed by atoms with Crippen LogP contribution in [0.1, 0.15) is 5.56 Å². The third-order valence-electron chi connectivity index (χ3n) is 2.28. The van der Waals surface area contributed by atoms with Crippen LogP contribution in [0.3, 0.4) is 0 Å². The summed E-state index contributed by atoms with van der Waals surface area (Å²) in [7, 11) is 0. The standard InChI is InChI=1S/C10H11N3O2S/c1-6-9(7-3-2-4-16-7)12-13(10(6)11)5-8(14)15/h2-4H,5,11H2,1H3,(H,14,15). The maximum Gasteiger partial charge on any atom is 0.325 e. The van der Waals surface area contributed by atoms with Crippen LogP contribution >= 0.6 is 11.3 Å². The Bertz CT molecular complexity index is 516. The lowest BCUT2D eigenvalue weighted by Gasteiger charge is -1.98. The number of hydrogen-bond acceptors (Lipinski definition) is 4. The number of anilines is 1. The molecule has 2 rings (SSSR count). The first-order chi connectivity index (χ1) is 7.59. The van der Waals surface area contributed by atoms with Crippen molar-refractivity contribution in [3.63, 3.8) is 0 Å². The number of carboxylic acid groups (broad SMARTS) is 1. The number of carboxylic acids is 1. The second kappa shape index (κ2) is 3.97. The molecule has 6 heteroatoms. The van der Waals surface area contributed by atoms with Gasteiger partial charge in [0.25, 0.3) is 0 Å². The molecular weight excluding hydrogens is 226 g/mol. The summed E-state index contributed by atoms with van der Waals surface area (Å²) in [6, 6.07) is 3.86. The van der Waals surface area contributed by atoms with Gasteiger partial charge in [0.15, 0.2) is 0 Å². The molecule has 0 spiro atoms. The summed E-state index contributed by atoms with van der Waals surface area (Å²) in [5.41, 5.74) is 7.38. The molecule has 0 saturated carbocycles. The smallest absolute Gasteiger partial charge is 0.325 e. The molecule has 5 nitrogen and oxygen atoms in total. The van der Waals surface area contributed by atoms with Gasteiger partial charge in [-0.3, -0.25) is 4.79 Å². The van der Waals surface area contributed by atoms with Crippen LogP contribution in [0.2, 0.25) is 0 Å². The fraction of sp³-hybridized carbons (Fsp3) is 0.200. The lowest BCUT2D eigenvalue weighted by Crippen LogP contribution is -2.12. The lowest BCUT2D eigenvalue weighted by molar-refractivity contribution is -0.137. The molecule has 0 radical (unpaired) electrons. The molecule has 0 saturated heterocycles. The van der Waals surface area contributed by atoms with Crippen LogP contribution in [-0.2, 0) is 11.3 Å². The number of aliphatic carboxylic acids is 1. The van der Waals surface area contributed by atoms with Crippen LogP contribution in [0, 0.1) is 6.92 Å². The topological polar surface area (TPSA) is 81.1 Å². The second-order valence-electron chi connectivity index (χ2n) is 3.39. The summed E-state index contributed by atoms with van der Waals surface area (Å²) in [5.74, 6) is -0.544. The average molecular weight is 237 g/mol. The fourth-order valence-electron chi connectivity index (χ4n) is 1.46. The van der Waals surface area contributed by atoms with Crippen LogP contribution in [0.15, 0.2) is 17.5 Å². The highest BCUT2D eigenvalue weighted by Crippen LogP contribution is 2.29. The number of thiophene rings is 1. The number of rotatable bonds is 3. The number of aromatic nitrogens is 2. The van der Waals surface area contributed by atoms with Crippen molar-refractivity contribution in [1.29, 1.82) is 0 Å². The first-order valence-electron chi connectivity index (χ1n) is 4.68. The quantitative estimate of drug-likeness (QED) is 0.849. The van der Waals surface area contributed by atoms with E-state index in [1.165, 1.54) is 4.68 Å². The SMILES string of the molecule is Cc1c(-c2cccs2)nn(CC(=O)O)c1N. The van der Waals surface area contributed by atoms with E-state index in [2.05, 4.69) is 5.10 Å². The maximum absolute atomic E-state index is 10.6. The Hall–Kier alpha value is -1.82. The molecule has 84 valence electrons. The van der Waals surface area contributed by atoms with E-state index >= 15 is 0 Å². The predicted octanol–water partition coefficient (Wildman–Crippen LogP) is 1.59. The molecule has 0 aliphatic rings. The van der Waals surface area contributed by atoms with Gasteiger partial charge in [-0.25, -0.2) is 4.68 Å². The van der Waals surface area contributed by atoms with E-state index in [-0.39, 0.29) is 6.54 Å². The zero-order valence-electron chi connectivity index (χ0n) is 8.67. The van der Waals surface area contributed by atoms with E-state index in [1.807, 2.05) is 24.4 Å². The van der Waals surface area contributed by atoms with Crippen LogP contribution in [0.25, 0.3) is 10.6 Å². The van der Waals surface area contributed by atoms with Gasteiger partial charge in [0.1, 0.15) is 18.1 Å². The Labute approximate surface area is 96.1 Å². The number of nitrogen functional groups attached to an aromatic ring is 1. The van der Waals surface area contributed by atoms with E-state index < -0.39 is 5.97 Å². The number of carbonyl (C=O) groups is 1. The van der Waals surface area contributed by atoms with Crippen molar-refractivity contribution in [1.82, 2.24) is 9.78 Å². The number of hydrogen-bond donors (Lipinski definition) is 2. The minimum atomic E-state index is -0.952. The molecule has 0 amide bonds. The van der Waals surface area contributed by atoms with Gasteiger partial charge in [-0.2, -0.15) is 5.10 Å². The van der Waals surface area contributed by atoms with Gasteiger partial charge in [0.2, 0.25) is 0 Å². The summed E-state index contributed by atoms with van der Waals surface area (Å²) >= 11 is 1.55. The van der Waals surface area contributed by atoms with E-state index in [0.717, 1.165) is 16.1 Å². The zero-order chi connectivity index (χ0) is 11.7. The van der Waals surface area contributed by atoms with Gasteiger partial charge < -0.3 is 10.8 Å². The summed E-state index contributed by atoms with van der Waals surface area (Å²) in [4.78, 5) is 11.6. The Kier molecular flexibility index (Phi) is 2.66. The van der Waals surface area contributed by atoms with Crippen molar-refractivity contribution in [2.45, 2.75) is 13.5 Å². The van der Waals surface area contributed by atoms with Crippen molar-refractivity contribution in [3.05, 3.63) is 23.1 Å². The Morgan fingerprint density at radius 1 is 1.69 bits per heavy atom. The molecule has 2 heterocycles. The zero-order valence-corrected chi connectivity index (χ0v) is 9.49. The van der Waals surface area contributed by atoms with Crippen molar-refractivity contribution < 1.29 is 9.90 Å². The molecule has 0 aromatic carbocycles. The lowest BCUT2D eigenvalue weighted by atomic mass is 10.2. The van der Waals surface area contributed by atoms with Crippen molar-refractivity contribution in [2.75, 3.05) is 5.73 Å². The van der Waals surface area contributed by atoms with Gasteiger partial charge >= 0.3 is 5.97 Å². The van der Waals surface area contributed by atoms with Crippen LogP contribution in [0.4, 0.5) is 5.82 Å². The fourth-order valence-corrected chi connectivity index (χ4v) is 2.23. The molecule has 2 aromatic heterocycles. The predicted molar refractivity (Wildman–Crippen MR) is 62.3 cm³/mol. The molecule has 0 bridgehead atoms. The number of nitrogens with zero attached hydrogens (tertiary/aromatic N) is 2. The summed E-state index contributed by atoms with van der Waals surface area (Å²) in [6.07, 6.45) is 0. The molecule has 16 heavy (non-hydrogen) atoms. The monoisotopic (exact) mass is 237 g/mol. The van der Waals surface area contributed by atoms with Crippen LogP contribution in [0.5, 0.6) is 0 Å². The van der Waals surface area contributed by atoms with Crippen molar-refractivity contribution >= 4 is 23.1 Å². The maximum atomic E-state index is 10.6. The molecule has 0 unspecified atom stereocenters. The van der Waals surface area contributed by atoms with Gasteiger partial charge in [0, 0.05) is 5.56 Å². The number of nitrogens with two attached hydrogens (primary N) is 1. The summed E-state index contributed by atoms with van der Waals surface area (Å²) in [6.45, 7) is 1.63. The van der Waals surface area contributed by atoms with E-state index in [1.54, 1.807) is 11.3 Å². The highest BCUT2D eigenvalue weighted by Gasteiger charge is 2.15. The Morgan fingerprint density at radius 2 is 2.44 bits per heavy atom. The molecule has 0 atom stereocenters. The third-order valence-corrected chi connectivity index (χ3v) is 3.15. The van der Waals surface area contributed by atoms with Crippen LogP contribution in [-0.4, -0.2) is 20.9 Å². The van der Waals surface area contributed by atoms with E-state index in [0.29, 0.717) is 5.82 Å². The van der Waals surface area contributed by atoms with Gasteiger partial charge in [-0.15, -0.1) is 11.3 Å².